The van der Waals surface area contributed by atoms with Crippen molar-refractivity contribution in [1.82, 2.24) is 35.5 Å². The molecule has 2 atom stereocenters. The van der Waals surface area contributed by atoms with Crippen LogP contribution in [0.15, 0.2) is 67.0 Å². The molecule has 0 saturated carbocycles. The third kappa shape index (κ3) is 10.2. The topological polar surface area (TPSA) is 192 Å². The van der Waals surface area contributed by atoms with Gasteiger partial charge in [0.15, 0.2) is 11.5 Å². The number of rotatable bonds is 17. The van der Waals surface area contributed by atoms with E-state index in [4.69, 9.17) is 15.2 Å². The molecule has 14 nitrogen and oxygen atoms in total. The number of fused-ring (bicyclic) bond motifs is 1. The zero-order valence-corrected chi connectivity index (χ0v) is 27.3. The second kappa shape index (κ2) is 17.4. The number of nitrogens with zero attached hydrogens (tertiary/aromatic N) is 4. The SMILES string of the molecule is COc1nc(N)c2ncn(CCCNC(=O)C(=O)C(CCc3ccccc3)NC(=O)[C@H](CC(C)C)NC(=O)OCc3ccccc3)c2n1. The number of nitrogens with one attached hydrogen (secondary N) is 3. The molecule has 254 valence electrons. The zero-order chi connectivity index (χ0) is 34.5. The van der Waals surface area contributed by atoms with Crippen LogP contribution < -0.4 is 26.4 Å². The van der Waals surface area contributed by atoms with Gasteiger partial charge in [0.1, 0.15) is 18.2 Å². The van der Waals surface area contributed by atoms with Gasteiger partial charge in [-0.25, -0.2) is 9.78 Å². The maximum absolute atomic E-state index is 13.5. The van der Waals surface area contributed by atoms with Gasteiger partial charge in [-0.05, 0) is 42.7 Å². The van der Waals surface area contributed by atoms with Gasteiger partial charge in [-0.15, -0.1) is 0 Å². The Morgan fingerprint density at radius 2 is 1.60 bits per heavy atom. The van der Waals surface area contributed by atoms with Gasteiger partial charge in [-0.3, -0.25) is 14.4 Å². The minimum absolute atomic E-state index is 0.0357. The van der Waals surface area contributed by atoms with Crippen molar-refractivity contribution in [1.29, 1.82) is 0 Å². The first-order chi connectivity index (χ1) is 23.1. The summed E-state index contributed by atoms with van der Waals surface area (Å²) >= 11 is 0. The van der Waals surface area contributed by atoms with Gasteiger partial charge in [-0.1, -0.05) is 74.5 Å². The number of ether oxygens (including phenoxy) is 2. The highest BCUT2D eigenvalue weighted by atomic mass is 16.5. The van der Waals surface area contributed by atoms with Crippen LogP contribution in [0.2, 0.25) is 0 Å². The molecule has 4 rings (SSSR count). The number of nitrogens with two attached hydrogens (primary N) is 1. The average molecular weight is 659 g/mol. The fourth-order valence-corrected chi connectivity index (χ4v) is 5.00. The normalized spacial score (nSPS) is 12.2. The number of hydrogen-bond acceptors (Lipinski definition) is 10. The summed E-state index contributed by atoms with van der Waals surface area (Å²) in [6.45, 7) is 4.45. The molecule has 48 heavy (non-hydrogen) atoms. The molecular weight excluding hydrogens is 616 g/mol. The summed E-state index contributed by atoms with van der Waals surface area (Å²) in [7, 11) is 1.44. The molecule has 0 aliphatic rings. The van der Waals surface area contributed by atoms with Gasteiger partial charge in [0.2, 0.25) is 11.7 Å². The van der Waals surface area contributed by atoms with E-state index in [0.29, 0.717) is 37.0 Å². The number of Topliss-reactive ketones (excluding diaryl/α,β-unsaturated/α-hetero) is 1. The maximum Gasteiger partial charge on any atom is 0.408 e. The molecule has 0 aliphatic carbocycles. The molecule has 2 aromatic carbocycles. The standard InChI is InChI=1S/C34H42N8O6/c1-22(2)19-26(39-34(46)48-20-24-13-8-5-9-14-24)31(44)38-25(16-15-23-11-6-4-7-12-23)28(43)32(45)36-17-10-18-42-21-37-27-29(35)40-33(47-3)41-30(27)42/h4-9,11-14,21-22,25-26H,10,15-20H2,1-3H3,(H,36,45)(H,38,44)(H,39,46)(H2,35,40,41)/t25?,26-/m0/s1. The number of aryl methyl sites for hydroxylation is 2. The van der Waals surface area contributed by atoms with E-state index in [9.17, 15) is 19.2 Å². The lowest BCUT2D eigenvalue weighted by molar-refractivity contribution is -0.140. The Kier molecular flexibility index (Phi) is 12.8. The van der Waals surface area contributed by atoms with Crippen molar-refractivity contribution < 1.29 is 28.7 Å². The number of benzene rings is 2. The minimum atomic E-state index is -1.13. The Balaban J connectivity index is 1.37. The molecule has 0 aliphatic heterocycles. The molecular formula is C34H42N8O6. The minimum Gasteiger partial charge on any atom is -0.467 e. The Morgan fingerprint density at radius 3 is 2.27 bits per heavy atom. The number of ketones is 1. The first kappa shape index (κ1) is 35.3. The number of alkyl carbamates (subject to hydrolysis) is 1. The third-order valence-electron chi connectivity index (χ3n) is 7.46. The number of carbonyl (C=O) groups is 4. The number of carbonyl (C=O) groups excluding carboxylic acids is 4. The van der Waals surface area contributed by atoms with Crippen molar-refractivity contribution in [3.63, 3.8) is 0 Å². The molecule has 3 amide bonds. The predicted molar refractivity (Wildman–Crippen MR) is 179 cm³/mol. The number of amides is 3. The number of hydrogen-bond donors (Lipinski definition) is 4. The van der Waals surface area contributed by atoms with Crippen LogP contribution in [0.1, 0.15) is 44.2 Å². The summed E-state index contributed by atoms with van der Waals surface area (Å²) in [5, 5.41) is 8.02. The Bertz CT molecular complexity index is 1680. The summed E-state index contributed by atoms with van der Waals surface area (Å²) in [6, 6.07) is 16.6. The fraction of sp³-hybridized carbons (Fsp3) is 0.382. The molecule has 0 fully saturated rings. The van der Waals surface area contributed by atoms with E-state index in [1.807, 2.05) is 74.5 Å². The van der Waals surface area contributed by atoms with Crippen LogP contribution in [0.4, 0.5) is 10.6 Å². The largest absolute Gasteiger partial charge is 0.467 e. The van der Waals surface area contributed by atoms with Gasteiger partial charge >= 0.3 is 12.1 Å². The maximum atomic E-state index is 13.5. The Morgan fingerprint density at radius 1 is 0.917 bits per heavy atom. The molecule has 0 bridgehead atoms. The number of nitrogen functional groups attached to an aromatic ring is 1. The van der Waals surface area contributed by atoms with E-state index in [0.717, 1.165) is 11.1 Å². The van der Waals surface area contributed by atoms with E-state index in [1.54, 1.807) is 10.9 Å². The van der Waals surface area contributed by atoms with Gasteiger partial charge < -0.3 is 35.7 Å². The monoisotopic (exact) mass is 658 g/mol. The van der Waals surface area contributed by atoms with E-state index < -0.39 is 35.8 Å². The second-order valence-electron chi connectivity index (χ2n) is 11.7. The molecule has 0 spiro atoms. The molecule has 5 N–H and O–H groups in total. The van der Waals surface area contributed by atoms with E-state index in [2.05, 4.69) is 30.9 Å². The molecule has 1 unspecified atom stereocenters. The summed E-state index contributed by atoms with van der Waals surface area (Å²) in [5.74, 6) is -1.97. The lowest BCUT2D eigenvalue weighted by atomic mass is 9.99. The summed E-state index contributed by atoms with van der Waals surface area (Å²) in [6.07, 6.45) is 2.17. The smallest absolute Gasteiger partial charge is 0.408 e. The van der Waals surface area contributed by atoms with Crippen LogP contribution in [-0.4, -0.2) is 68.9 Å². The molecule has 2 heterocycles. The number of imidazole rings is 1. The van der Waals surface area contributed by atoms with Crippen molar-refractivity contribution >= 4 is 40.7 Å². The Labute approximate surface area is 278 Å². The van der Waals surface area contributed by atoms with E-state index in [-0.39, 0.29) is 37.3 Å². The second-order valence-corrected chi connectivity index (χ2v) is 11.7. The molecule has 14 heteroatoms. The van der Waals surface area contributed by atoms with Crippen molar-refractivity contribution in [2.75, 3.05) is 19.4 Å². The highest BCUT2D eigenvalue weighted by Crippen LogP contribution is 2.19. The fourth-order valence-electron chi connectivity index (χ4n) is 5.00. The average Bonchev–Trinajstić information content (AvgIpc) is 3.50. The van der Waals surface area contributed by atoms with Gasteiger partial charge in [0, 0.05) is 13.1 Å². The molecule has 0 radical (unpaired) electrons. The first-order valence-electron chi connectivity index (χ1n) is 15.8. The van der Waals surface area contributed by atoms with Crippen LogP contribution in [-0.2, 0) is 38.7 Å². The molecule has 2 aromatic heterocycles. The number of methoxy groups -OCH3 is 1. The summed E-state index contributed by atoms with van der Waals surface area (Å²) in [4.78, 5) is 65.2. The van der Waals surface area contributed by atoms with Gasteiger partial charge in [0.25, 0.3) is 5.91 Å². The highest BCUT2D eigenvalue weighted by Gasteiger charge is 2.30. The third-order valence-corrected chi connectivity index (χ3v) is 7.46. The quantitative estimate of drug-likeness (QED) is 0.0969. The van der Waals surface area contributed by atoms with Gasteiger partial charge in [0.05, 0.1) is 19.5 Å². The lowest BCUT2D eigenvalue weighted by Crippen LogP contribution is -2.54. The van der Waals surface area contributed by atoms with Crippen molar-refractivity contribution in [3.8, 4) is 6.01 Å². The van der Waals surface area contributed by atoms with Crippen LogP contribution >= 0.6 is 0 Å². The Hall–Kier alpha value is -5.53. The van der Waals surface area contributed by atoms with Crippen LogP contribution in [0.5, 0.6) is 6.01 Å². The lowest BCUT2D eigenvalue weighted by Gasteiger charge is -2.23. The van der Waals surface area contributed by atoms with E-state index in [1.165, 1.54) is 7.11 Å². The van der Waals surface area contributed by atoms with Crippen LogP contribution in [0, 0.1) is 5.92 Å². The van der Waals surface area contributed by atoms with Crippen molar-refractivity contribution in [2.45, 2.75) is 64.8 Å². The van der Waals surface area contributed by atoms with Crippen LogP contribution in [0.3, 0.4) is 0 Å². The van der Waals surface area contributed by atoms with Crippen molar-refractivity contribution in [2.24, 2.45) is 5.92 Å². The van der Waals surface area contributed by atoms with E-state index >= 15 is 0 Å². The summed E-state index contributed by atoms with van der Waals surface area (Å²) < 4.78 is 12.2. The molecule has 4 aromatic rings. The van der Waals surface area contributed by atoms with Crippen LogP contribution in [0.25, 0.3) is 11.2 Å². The predicted octanol–water partition coefficient (Wildman–Crippen LogP) is 2.95. The first-order valence-corrected chi connectivity index (χ1v) is 15.8. The highest BCUT2D eigenvalue weighted by molar-refractivity contribution is 6.38. The van der Waals surface area contributed by atoms with Gasteiger partial charge in [-0.2, -0.15) is 9.97 Å². The summed E-state index contributed by atoms with van der Waals surface area (Å²) in [5.41, 5.74) is 8.60. The molecule has 0 saturated heterocycles. The zero-order valence-electron chi connectivity index (χ0n) is 27.3. The van der Waals surface area contributed by atoms with Crippen molar-refractivity contribution in [3.05, 3.63) is 78.1 Å². The number of aromatic nitrogens is 4. The number of anilines is 1.